The van der Waals surface area contributed by atoms with Crippen molar-refractivity contribution in [2.24, 2.45) is 0 Å². The molecule has 4 aromatic rings. The molecule has 1 N–H and O–H groups in total. The summed E-state index contributed by atoms with van der Waals surface area (Å²) >= 11 is 7.57. The molecule has 2 amide bonds. The molecule has 5 nitrogen and oxygen atoms in total. The fourth-order valence-electron chi connectivity index (χ4n) is 4.44. The van der Waals surface area contributed by atoms with Crippen LogP contribution in [0, 0.1) is 13.8 Å². The first kappa shape index (κ1) is 21.7. The summed E-state index contributed by atoms with van der Waals surface area (Å²) in [4.78, 5) is 30.2. The number of carbonyl (C=O) groups is 2. The Morgan fingerprint density at radius 1 is 1.09 bits per heavy atom. The lowest BCUT2D eigenvalue weighted by Crippen LogP contribution is -2.64. The molecule has 2 aromatic heterocycles. The van der Waals surface area contributed by atoms with Gasteiger partial charge in [-0.25, -0.2) is 0 Å². The zero-order valence-corrected chi connectivity index (χ0v) is 20.3. The Balaban J connectivity index is 1.56. The predicted molar refractivity (Wildman–Crippen MR) is 134 cm³/mol. The molecule has 0 radical (unpaired) electrons. The maximum absolute atomic E-state index is 13.8. The summed E-state index contributed by atoms with van der Waals surface area (Å²) in [5.41, 5.74) is 3.39. The van der Waals surface area contributed by atoms with Gasteiger partial charge in [-0.3, -0.25) is 14.5 Å². The molecule has 7 heteroatoms. The van der Waals surface area contributed by atoms with Gasteiger partial charge >= 0.3 is 0 Å². The molecule has 3 heterocycles. The number of hydrogen-bond donors (Lipinski definition) is 1. The second-order valence-electron chi connectivity index (χ2n) is 8.79. The highest BCUT2D eigenvalue weighted by Gasteiger charge is 2.48. The van der Waals surface area contributed by atoms with Crippen molar-refractivity contribution >= 4 is 50.7 Å². The first-order valence-corrected chi connectivity index (χ1v) is 12.0. The number of fused-ring (bicyclic) bond motifs is 3. The highest BCUT2D eigenvalue weighted by atomic mass is 35.5. The maximum atomic E-state index is 13.8. The van der Waals surface area contributed by atoms with Gasteiger partial charge in [-0.2, -0.15) is 0 Å². The molecule has 33 heavy (non-hydrogen) atoms. The average molecular weight is 478 g/mol. The maximum Gasteiger partial charge on any atom is 0.275 e. The third kappa shape index (κ3) is 3.63. The number of carbonyl (C=O) groups excluding carboxylic acids is 2. The van der Waals surface area contributed by atoms with Crippen molar-refractivity contribution < 1.29 is 9.59 Å². The summed E-state index contributed by atoms with van der Waals surface area (Å²) in [5, 5.41) is 6.74. The minimum Gasteiger partial charge on any atom is -0.350 e. The normalized spacial score (nSPS) is 17.9. The van der Waals surface area contributed by atoms with E-state index in [9.17, 15) is 9.59 Å². The van der Waals surface area contributed by atoms with E-state index in [2.05, 4.69) is 5.32 Å². The SMILES string of the molecule is Cc1ccc(N2C(=O)c3cc4ccsc4n3C[C@@]2(C)C(=O)NCc2ccc(Cl)cc2)cc1C. The van der Waals surface area contributed by atoms with Gasteiger partial charge in [0.25, 0.3) is 5.91 Å². The smallest absolute Gasteiger partial charge is 0.275 e. The second-order valence-corrected chi connectivity index (χ2v) is 10.1. The van der Waals surface area contributed by atoms with Crippen molar-refractivity contribution in [3.05, 3.63) is 87.4 Å². The van der Waals surface area contributed by atoms with Crippen LogP contribution in [0.5, 0.6) is 0 Å². The quantitative estimate of drug-likeness (QED) is 0.409. The Morgan fingerprint density at radius 2 is 1.85 bits per heavy atom. The average Bonchev–Trinajstić information content (AvgIpc) is 3.38. The highest BCUT2D eigenvalue weighted by Crippen LogP contribution is 2.37. The first-order chi connectivity index (χ1) is 15.8. The third-order valence-corrected chi connectivity index (χ3v) is 7.69. The molecule has 0 saturated heterocycles. The minimum atomic E-state index is -1.10. The molecule has 0 aliphatic carbocycles. The van der Waals surface area contributed by atoms with Crippen LogP contribution in [0.15, 0.2) is 60.0 Å². The van der Waals surface area contributed by atoms with Crippen LogP contribution in [-0.2, 0) is 17.9 Å². The van der Waals surface area contributed by atoms with Gasteiger partial charge in [-0.15, -0.1) is 11.3 Å². The molecule has 2 aromatic carbocycles. The van der Waals surface area contributed by atoms with Crippen LogP contribution in [0.2, 0.25) is 5.02 Å². The molecule has 0 fully saturated rings. The number of nitrogens with one attached hydrogen (secondary N) is 1. The summed E-state index contributed by atoms with van der Waals surface area (Å²) in [7, 11) is 0. The Hall–Kier alpha value is -3.09. The van der Waals surface area contributed by atoms with Crippen molar-refractivity contribution in [1.29, 1.82) is 0 Å². The predicted octanol–water partition coefficient (Wildman–Crippen LogP) is 5.71. The molecular weight excluding hydrogens is 454 g/mol. The molecule has 5 rings (SSSR count). The lowest BCUT2D eigenvalue weighted by Gasteiger charge is -2.44. The summed E-state index contributed by atoms with van der Waals surface area (Å²) in [6.07, 6.45) is 0. The van der Waals surface area contributed by atoms with Crippen LogP contribution >= 0.6 is 22.9 Å². The van der Waals surface area contributed by atoms with Gasteiger partial charge in [0.1, 0.15) is 16.1 Å². The molecular formula is C26H24ClN3O2S. The second kappa shape index (κ2) is 8.04. The number of aryl methyl sites for hydroxylation is 2. The minimum absolute atomic E-state index is 0.169. The van der Waals surface area contributed by atoms with Crippen LogP contribution in [0.4, 0.5) is 5.69 Å². The number of hydrogen-bond acceptors (Lipinski definition) is 3. The van der Waals surface area contributed by atoms with E-state index in [1.165, 1.54) is 0 Å². The first-order valence-electron chi connectivity index (χ1n) is 10.8. The van der Waals surface area contributed by atoms with Crippen molar-refractivity contribution in [1.82, 2.24) is 9.88 Å². The topological polar surface area (TPSA) is 54.3 Å². The van der Waals surface area contributed by atoms with E-state index in [1.807, 2.05) is 73.2 Å². The number of rotatable bonds is 4. The molecule has 168 valence electrons. The summed E-state index contributed by atoms with van der Waals surface area (Å²) in [6, 6.07) is 17.2. The number of nitrogens with zero attached hydrogens (tertiary/aromatic N) is 2. The van der Waals surface area contributed by atoms with E-state index >= 15 is 0 Å². The van der Waals surface area contributed by atoms with Gasteiger partial charge < -0.3 is 9.88 Å². The van der Waals surface area contributed by atoms with Gasteiger partial charge in [0.2, 0.25) is 5.91 Å². The Bertz CT molecular complexity index is 1390. The zero-order chi connectivity index (χ0) is 23.3. The molecule has 0 unspecified atom stereocenters. The number of amides is 2. The fourth-order valence-corrected chi connectivity index (χ4v) is 5.46. The van der Waals surface area contributed by atoms with Crippen LogP contribution in [0.1, 0.15) is 34.1 Å². The van der Waals surface area contributed by atoms with Crippen LogP contribution in [0.3, 0.4) is 0 Å². The number of thiophene rings is 1. The molecule has 1 atom stereocenters. The van der Waals surface area contributed by atoms with Crippen molar-refractivity contribution in [2.75, 3.05) is 4.90 Å². The Morgan fingerprint density at radius 3 is 2.58 bits per heavy atom. The number of anilines is 1. The van der Waals surface area contributed by atoms with Crippen LogP contribution in [-0.4, -0.2) is 21.9 Å². The highest BCUT2D eigenvalue weighted by molar-refractivity contribution is 7.16. The van der Waals surface area contributed by atoms with Gasteiger partial charge in [0, 0.05) is 22.6 Å². The van der Waals surface area contributed by atoms with E-state index in [-0.39, 0.29) is 11.8 Å². The lowest BCUT2D eigenvalue weighted by atomic mass is 9.93. The fraction of sp³-hybridized carbons (Fsp3) is 0.231. The van der Waals surface area contributed by atoms with Gasteiger partial charge in [-0.1, -0.05) is 29.8 Å². The van der Waals surface area contributed by atoms with E-state index in [0.717, 1.165) is 32.6 Å². The number of benzene rings is 2. The van der Waals surface area contributed by atoms with Gasteiger partial charge in [0.15, 0.2) is 0 Å². The van der Waals surface area contributed by atoms with E-state index < -0.39 is 5.54 Å². The summed E-state index contributed by atoms with van der Waals surface area (Å²) in [5.74, 6) is -0.370. The van der Waals surface area contributed by atoms with Crippen molar-refractivity contribution in [2.45, 2.75) is 39.4 Å². The monoisotopic (exact) mass is 477 g/mol. The third-order valence-electron chi connectivity index (χ3n) is 6.49. The van der Waals surface area contributed by atoms with E-state index in [0.29, 0.717) is 23.8 Å². The number of halogens is 1. The molecule has 0 spiro atoms. The van der Waals surface area contributed by atoms with E-state index in [4.69, 9.17) is 11.6 Å². The lowest BCUT2D eigenvalue weighted by molar-refractivity contribution is -0.126. The largest absolute Gasteiger partial charge is 0.350 e. The Kier molecular flexibility index (Phi) is 5.30. The van der Waals surface area contributed by atoms with Crippen molar-refractivity contribution in [3.63, 3.8) is 0 Å². The summed E-state index contributed by atoms with van der Waals surface area (Å²) in [6.45, 7) is 6.63. The molecule has 0 saturated carbocycles. The molecule has 1 aliphatic rings. The molecule has 0 bridgehead atoms. The number of aromatic nitrogens is 1. The zero-order valence-electron chi connectivity index (χ0n) is 18.7. The van der Waals surface area contributed by atoms with Gasteiger partial charge in [-0.05, 0) is 79.2 Å². The van der Waals surface area contributed by atoms with Crippen LogP contribution < -0.4 is 10.2 Å². The van der Waals surface area contributed by atoms with Crippen LogP contribution in [0.25, 0.3) is 10.2 Å². The Labute approximate surface area is 201 Å². The van der Waals surface area contributed by atoms with E-state index in [1.54, 1.807) is 28.4 Å². The summed E-state index contributed by atoms with van der Waals surface area (Å²) < 4.78 is 1.99. The standard InChI is InChI=1S/C26H24ClN3O2S/c1-16-4-9-21(12-17(16)2)30-23(31)22-13-19-10-11-33-24(19)29(22)15-26(30,3)25(32)28-14-18-5-7-20(27)8-6-18/h4-13H,14-15H2,1-3H3,(H,28,32)/t26-/m0/s1. The molecule has 1 aliphatic heterocycles. The van der Waals surface area contributed by atoms with Crippen molar-refractivity contribution in [3.8, 4) is 0 Å². The van der Waals surface area contributed by atoms with Gasteiger partial charge in [0.05, 0.1) is 6.54 Å².